The molecule has 0 saturated carbocycles. The molecular weight excluding hydrogens is 335 g/mol. The van der Waals surface area contributed by atoms with E-state index in [0.29, 0.717) is 18.7 Å². The first kappa shape index (κ1) is 18.5. The zero-order valence-electron chi connectivity index (χ0n) is 14.9. The highest BCUT2D eigenvalue weighted by atomic mass is 19.1. The van der Waals surface area contributed by atoms with Gasteiger partial charge in [0.15, 0.2) is 0 Å². The lowest BCUT2D eigenvalue weighted by Gasteiger charge is -2.26. The molecule has 5 nitrogen and oxygen atoms in total. The van der Waals surface area contributed by atoms with Crippen LogP contribution in [0.25, 0.3) is 0 Å². The minimum absolute atomic E-state index is 0.130. The summed E-state index contributed by atoms with van der Waals surface area (Å²) in [4.78, 5) is 13.0. The van der Waals surface area contributed by atoms with Gasteiger partial charge in [-0.3, -0.25) is 15.0 Å². The van der Waals surface area contributed by atoms with E-state index >= 15 is 0 Å². The Kier molecular flexibility index (Phi) is 5.96. The maximum absolute atomic E-state index is 13.5. The summed E-state index contributed by atoms with van der Waals surface area (Å²) >= 11 is 0. The van der Waals surface area contributed by atoms with Crippen molar-refractivity contribution in [1.29, 1.82) is 0 Å². The van der Waals surface area contributed by atoms with Gasteiger partial charge in [0.1, 0.15) is 5.82 Å². The van der Waals surface area contributed by atoms with Gasteiger partial charge in [0.25, 0.3) is 5.69 Å². The van der Waals surface area contributed by atoms with Gasteiger partial charge in [-0.2, -0.15) is 0 Å². The molecule has 0 radical (unpaired) electrons. The predicted octanol–water partition coefficient (Wildman–Crippen LogP) is 4.22. The van der Waals surface area contributed by atoms with Gasteiger partial charge in [-0.15, -0.1) is 0 Å². The third-order valence-electron chi connectivity index (χ3n) is 4.79. The van der Waals surface area contributed by atoms with Crippen LogP contribution in [0.3, 0.4) is 0 Å². The molecule has 0 spiro atoms. The first-order chi connectivity index (χ1) is 12.5. The SMILES string of the molecule is Cc1c(CN(Cc2cccc(F)c2)CC2CCCO2)cccc1[N+](=O)[O-]. The number of nitro groups is 1. The van der Waals surface area contributed by atoms with Crippen LogP contribution in [0.15, 0.2) is 42.5 Å². The molecule has 2 aromatic carbocycles. The molecule has 0 aromatic heterocycles. The first-order valence-electron chi connectivity index (χ1n) is 8.84. The van der Waals surface area contributed by atoms with E-state index in [9.17, 15) is 14.5 Å². The molecule has 1 aliphatic heterocycles. The number of nitro benzene ring substituents is 1. The Morgan fingerprint density at radius 2 is 2.08 bits per heavy atom. The molecule has 3 rings (SSSR count). The van der Waals surface area contributed by atoms with Crippen LogP contribution in [0.2, 0.25) is 0 Å². The predicted molar refractivity (Wildman–Crippen MR) is 97.3 cm³/mol. The molecule has 6 heteroatoms. The van der Waals surface area contributed by atoms with Crippen molar-refractivity contribution in [3.8, 4) is 0 Å². The summed E-state index contributed by atoms with van der Waals surface area (Å²) in [7, 11) is 0. The van der Waals surface area contributed by atoms with Crippen LogP contribution in [0.1, 0.15) is 29.5 Å². The molecule has 1 atom stereocenters. The molecule has 1 heterocycles. The number of hydrogen-bond donors (Lipinski definition) is 0. The Hall–Kier alpha value is -2.31. The lowest BCUT2D eigenvalue weighted by atomic mass is 10.1. The van der Waals surface area contributed by atoms with E-state index in [4.69, 9.17) is 4.74 Å². The van der Waals surface area contributed by atoms with Crippen LogP contribution in [0, 0.1) is 22.9 Å². The average Bonchev–Trinajstić information content (AvgIpc) is 3.09. The van der Waals surface area contributed by atoms with Gasteiger partial charge in [-0.1, -0.05) is 24.3 Å². The quantitative estimate of drug-likeness (QED) is 0.549. The standard InChI is InChI=1S/C20H23FN2O3/c1-15-17(6-3-9-20(15)23(24)25)13-22(14-19-8-4-10-26-19)12-16-5-2-7-18(21)11-16/h2-3,5-7,9,11,19H,4,8,10,12-14H2,1H3. The lowest BCUT2D eigenvalue weighted by Crippen LogP contribution is -2.31. The maximum Gasteiger partial charge on any atom is 0.272 e. The van der Waals surface area contributed by atoms with Crippen LogP contribution >= 0.6 is 0 Å². The minimum Gasteiger partial charge on any atom is -0.377 e. The molecule has 1 unspecified atom stereocenters. The van der Waals surface area contributed by atoms with E-state index in [1.165, 1.54) is 18.2 Å². The monoisotopic (exact) mass is 358 g/mol. The smallest absolute Gasteiger partial charge is 0.272 e. The Morgan fingerprint density at radius 1 is 1.27 bits per heavy atom. The zero-order valence-corrected chi connectivity index (χ0v) is 14.9. The van der Waals surface area contributed by atoms with Gasteiger partial charge in [0, 0.05) is 37.9 Å². The van der Waals surface area contributed by atoms with Crippen LogP contribution in [0.5, 0.6) is 0 Å². The van der Waals surface area contributed by atoms with Crippen LogP contribution < -0.4 is 0 Å². The van der Waals surface area contributed by atoms with Crippen molar-refractivity contribution in [2.75, 3.05) is 13.2 Å². The van der Waals surface area contributed by atoms with Crippen molar-refractivity contribution in [3.05, 3.63) is 75.1 Å². The second kappa shape index (κ2) is 8.38. The number of hydrogen-bond acceptors (Lipinski definition) is 4. The van der Waals surface area contributed by atoms with Crippen LogP contribution in [0.4, 0.5) is 10.1 Å². The molecule has 1 fully saturated rings. The van der Waals surface area contributed by atoms with Crippen molar-refractivity contribution >= 4 is 5.69 Å². The van der Waals surface area contributed by atoms with Gasteiger partial charge in [0.05, 0.1) is 11.0 Å². The van der Waals surface area contributed by atoms with Crippen molar-refractivity contribution < 1.29 is 14.1 Å². The number of rotatable bonds is 7. The molecule has 26 heavy (non-hydrogen) atoms. The Balaban J connectivity index is 1.81. The summed E-state index contributed by atoms with van der Waals surface area (Å²) in [5, 5.41) is 11.2. The number of nitrogens with zero attached hydrogens (tertiary/aromatic N) is 2. The molecule has 138 valence electrons. The topological polar surface area (TPSA) is 55.6 Å². The highest BCUT2D eigenvalue weighted by Crippen LogP contribution is 2.24. The fourth-order valence-electron chi connectivity index (χ4n) is 3.43. The Labute approximate surface area is 152 Å². The lowest BCUT2D eigenvalue weighted by molar-refractivity contribution is -0.385. The first-order valence-corrected chi connectivity index (χ1v) is 8.84. The van der Waals surface area contributed by atoms with E-state index in [1.807, 2.05) is 12.1 Å². The Morgan fingerprint density at radius 3 is 2.77 bits per heavy atom. The summed E-state index contributed by atoms with van der Waals surface area (Å²) in [6.45, 7) is 4.40. The third kappa shape index (κ3) is 4.65. The molecule has 2 aromatic rings. The highest BCUT2D eigenvalue weighted by molar-refractivity contribution is 5.44. The number of benzene rings is 2. The number of halogens is 1. The molecule has 1 saturated heterocycles. The normalized spacial score (nSPS) is 17.0. The fourth-order valence-corrected chi connectivity index (χ4v) is 3.43. The summed E-state index contributed by atoms with van der Waals surface area (Å²) in [6.07, 6.45) is 2.21. The average molecular weight is 358 g/mol. The van der Waals surface area contributed by atoms with Gasteiger partial charge in [0.2, 0.25) is 0 Å². The third-order valence-corrected chi connectivity index (χ3v) is 4.79. The Bertz CT molecular complexity index is 775. The molecule has 0 bridgehead atoms. The summed E-state index contributed by atoms with van der Waals surface area (Å²) in [5.41, 5.74) is 2.60. The van der Waals surface area contributed by atoms with E-state index in [1.54, 1.807) is 19.1 Å². The van der Waals surface area contributed by atoms with Crippen molar-refractivity contribution in [1.82, 2.24) is 4.90 Å². The van der Waals surface area contributed by atoms with Crippen molar-refractivity contribution in [2.24, 2.45) is 0 Å². The van der Waals surface area contributed by atoms with E-state index in [0.717, 1.165) is 37.1 Å². The van der Waals surface area contributed by atoms with E-state index in [2.05, 4.69) is 4.90 Å². The van der Waals surface area contributed by atoms with Gasteiger partial charge in [-0.05, 0) is 43.0 Å². The molecule has 1 aliphatic rings. The van der Waals surface area contributed by atoms with Crippen LogP contribution in [-0.2, 0) is 17.8 Å². The van der Waals surface area contributed by atoms with Crippen molar-refractivity contribution in [2.45, 2.75) is 39.0 Å². The van der Waals surface area contributed by atoms with E-state index in [-0.39, 0.29) is 22.5 Å². The highest BCUT2D eigenvalue weighted by Gasteiger charge is 2.21. The fraction of sp³-hybridized carbons (Fsp3) is 0.400. The van der Waals surface area contributed by atoms with Gasteiger partial charge >= 0.3 is 0 Å². The second-order valence-electron chi connectivity index (χ2n) is 6.75. The van der Waals surface area contributed by atoms with Gasteiger partial charge < -0.3 is 4.74 Å². The zero-order chi connectivity index (χ0) is 18.5. The van der Waals surface area contributed by atoms with Crippen LogP contribution in [-0.4, -0.2) is 29.1 Å². The van der Waals surface area contributed by atoms with E-state index < -0.39 is 0 Å². The second-order valence-corrected chi connectivity index (χ2v) is 6.75. The molecular formula is C20H23FN2O3. The minimum atomic E-state index is -0.351. The molecule has 0 amide bonds. The van der Waals surface area contributed by atoms with Crippen molar-refractivity contribution in [3.63, 3.8) is 0 Å². The van der Waals surface area contributed by atoms with Gasteiger partial charge in [-0.25, -0.2) is 4.39 Å². The summed E-state index contributed by atoms with van der Waals surface area (Å²) in [5.74, 6) is -0.258. The summed E-state index contributed by atoms with van der Waals surface area (Å²) in [6, 6.07) is 11.7. The summed E-state index contributed by atoms with van der Waals surface area (Å²) < 4.78 is 19.3. The largest absolute Gasteiger partial charge is 0.377 e. The molecule has 0 aliphatic carbocycles. The number of ether oxygens (including phenoxy) is 1. The molecule has 0 N–H and O–H groups in total. The maximum atomic E-state index is 13.5.